The molecule has 2 rings (SSSR count). The highest BCUT2D eigenvalue weighted by Gasteiger charge is 2.34. The number of benzene rings is 1. The number of nitro groups is 1. The summed E-state index contributed by atoms with van der Waals surface area (Å²) in [6.45, 7) is -0.0308. The Morgan fingerprint density at radius 3 is 2.75 bits per heavy atom. The van der Waals surface area contributed by atoms with E-state index in [1.54, 1.807) is 6.07 Å². The van der Waals surface area contributed by atoms with Crippen LogP contribution in [0.5, 0.6) is 0 Å². The molecule has 1 amide bonds. The number of hydrogen-bond acceptors (Lipinski definition) is 4. The van der Waals surface area contributed by atoms with E-state index in [9.17, 15) is 28.1 Å². The minimum atomic E-state index is -4.22. The van der Waals surface area contributed by atoms with Crippen LogP contribution in [0, 0.1) is 16.0 Å². The normalized spacial score (nSPS) is 18.5. The Balaban J connectivity index is 1.79. The van der Waals surface area contributed by atoms with Gasteiger partial charge in [0.05, 0.1) is 17.9 Å². The van der Waals surface area contributed by atoms with Gasteiger partial charge in [-0.25, -0.2) is 0 Å². The van der Waals surface area contributed by atoms with E-state index >= 15 is 0 Å². The van der Waals surface area contributed by atoms with E-state index in [0.29, 0.717) is 18.5 Å². The molecule has 1 fully saturated rings. The van der Waals surface area contributed by atoms with Gasteiger partial charge in [0.15, 0.2) is 0 Å². The lowest BCUT2D eigenvalue weighted by Crippen LogP contribution is -2.35. The minimum Gasteiger partial charge on any atom is -0.355 e. The van der Waals surface area contributed by atoms with E-state index in [0.717, 1.165) is 0 Å². The Morgan fingerprint density at radius 2 is 2.08 bits per heavy atom. The summed E-state index contributed by atoms with van der Waals surface area (Å²) in [6, 6.07) is 5.97. The van der Waals surface area contributed by atoms with Gasteiger partial charge in [-0.2, -0.15) is 13.2 Å². The van der Waals surface area contributed by atoms with E-state index < -0.39 is 17.6 Å². The fourth-order valence-electron chi connectivity index (χ4n) is 2.81. The maximum atomic E-state index is 12.3. The summed E-state index contributed by atoms with van der Waals surface area (Å²) in [5.41, 5.74) is 0.190. The van der Waals surface area contributed by atoms with Crippen LogP contribution >= 0.6 is 0 Å². The van der Waals surface area contributed by atoms with Crippen molar-refractivity contribution in [1.29, 1.82) is 0 Å². The molecule has 1 aromatic carbocycles. The SMILES string of the molecule is O=C(Cc1ccccc1[N+](=O)[O-])NC[C@@H]1CCN(CC(F)(F)F)C1. The van der Waals surface area contributed by atoms with Gasteiger partial charge in [-0.3, -0.25) is 19.8 Å². The molecule has 1 aromatic rings. The Morgan fingerprint density at radius 1 is 1.38 bits per heavy atom. The van der Waals surface area contributed by atoms with Crippen molar-refractivity contribution in [3.05, 3.63) is 39.9 Å². The van der Waals surface area contributed by atoms with Gasteiger partial charge in [-0.15, -0.1) is 0 Å². The highest BCUT2D eigenvalue weighted by Crippen LogP contribution is 2.22. The second-order valence-corrected chi connectivity index (χ2v) is 5.87. The lowest BCUT2D eigenvalue weighted by atomic mass is 10.1. The van der Waals surface area contributed by atoms with Gasteiger partial charge in [0.25, 0.3) is 5.69 Å². The maximum absolute atomic E-state index is 12.3. The first-order valence-electron chi connectivity index (χ1n) is 7.52. The monoisotopic (exact) mass is 345 g/mol. The van der Waals surface area contributed by atoms with Gasteiger partial charge < -0.3 is 5.32 Å². The van der Waals surface area contributed by atoms with Gasteiger partial charge in [0.2, 0.25) is 5.91 Å². The van der Waals surface area contributed by atoms with E-state index in [1.807, 2.05) is 0 Å². The molecule has 132 valence electrons. The molecule has 0 spiro atoms. The molecule has 0 aliphatic carbocycles. The van der Waals surface area contributed by atoms with Crippen molar-refractivity contribution >= 4 is 11.6 Å². The molecule has 0 aromatic heterocycles. The number of halogens is 3. The van der Waals surface area contributed by atoms with Crippen LogP contribution in [0.15, 0.2) is 24.3 Å². The number of nitrogens with one attached hydrogen (secondary N) is 1. The van der Waals surface area contributed by atoms with Gasteiger partial charge in [0.1, 0.15) is 0 Å². The van der Waals surface area contributed by atoms with Crippen LogP contribution in [-0.4, -0.2) is 48.1 Å². The van der Waals surface area contributed by atoms with Crippen molar-refractivity contribution < 1.29 is 22.9 Å². The average molecular weight is 345 g/mol. The van der Waals surface area contributed by atoms with E-state index in [2.05, 4.69) is 5.32 Å². The van der Waals surface area contributed by atoms with Crippen molar-refractivity contribution in [2.45, 2.75) is 19.0 Å². The number of nitrogens with zero attached hydrogens (tertiary/aromatic N) is 2. The predicted octanol–water partition coefficient (Wildman–Crippen LogP) is 2.14. The lowest BCUT2D eigenvalue weighted by Gasteiger charge is -2.18. The summed E-state index contributed by atoms with van der Waals surface area (Å²) in [4.78, 5) is 23.6. The first-order valence-corrected chi connectivity index (χ1v) is 7.52. The summed E-state index contributed by atoms with van der Waals surface area (Å²) in [7, 11) is 0. The van der Waals surface area contributed by atoms with Gasteiger partial charge in [-0.05, 0) is 18.9 Å². The number of rotatable bonds is 6. The number of para-hydroxylation sites is 1. The Hall–Kier alpha value is -2.16. The lowest BCUT2D eigenvalue weighted by molar-refractivity contribution is -0.385. The van der Waals surface area contributed by atoms with Crippen LogP contribution in [0.25, 0.3) is 0 Å². The zero-order chi connectivity index (χ0) is 17.7. The van der Waals surface area contributed by atoms with Gasteiger partial charge in [-0.1, -0.05) is 18.2 Å². The van der Waals surface area contributed by atoms with Gasteiger partial charge in [0, 0.05) is 24.7 Å². The Labute approximate surface area is 136 Å². The van der Waals surface area contributed by atoms with Crippen LogP contribution in [0.2, 0.25) is 0 Å². The Kier molecular flexibility index (Phi) is 5.76. The standard InChI is InChI=1S/C15H18F3N3O3/c16-15(17,18)10-20-6-5-11(9-20)8-19-14(22)7-12-3-1-2-4-13(12)21(23)24/h1-4,11H,5-10H2,(H,19,22)/t11-/m0/s1. The largest absolute Gasteiger partial charge is 0.401 e. The quantitative estimate of drug-likeness (QED) is 0.633. The molecular formula is C15H18F3N3O3. The summed E-state index contributed by atoms with van der Waals surface area (Å²) in [6.07, 6.45) is -3.76. The number of likely N-dealkylation sites (tertiary alicyclic amines) is 1. The molecule has 0 bridgehead atoms. The molecule has 1 aliphatic heterocycles. The number of carbonyl (C=O) groups is 1. The highest BCUT2D eigenvalue weighted by atomic mass is 19.4. The number of hydrogen-bond donors (Lipinski definition) is 1. The molecule has 1 heterocycles. The van der Waals surface area contributed by atoms with Crippen LogP contribution < -0.4 is 5.32 Å². The fraction of sp³-hybridized carbons (Fsp3) is 0.533. The minimum absolute atomic E-state index is 0.0398. The average Bonchev–Trinajstić information content (AvgIpc) is 2.91. The predicted molar refractivity (Wildman–Crippen MR) is 80.4 cm³/mol. The first-order chi connectivity index (χ1) is 11.2. The summed E-state index contributed by atoms with van der Waals surface area (Å²) >= 11 is 0. The molecule has 1 atom stereocenters. The Bertz CT molecular complexity index is 607. The molecule has 0 saturated carbocycles. The molecule has 24 heavy (non-hydrogen) atoms. The van der Waals surface area contributed by atoms with Crippen LogP contribution in [-0.2, 0) is 11.2 Å². The van der Waals surface area contributed by atoms with Crippen molar-refractivity contribution in [3.63, 3.8) is 0 Å². The summed E-state index contributed by atoms with van der Waals surface area (Å²) in [5.74, 6) is -0.416. The molecule has 1 saturated heterocycles. The highest BCUT2D eigenvalue weighted by molar-refractivity contribution is 5.79. The smallest absolute Gasteiger partial charge is 0.355 e. The van der Waals surface area contributed by atoms with E-state index in [-0.39, 0.29) is 37.0 Å². The molecule has 0 radical (unpaired) electrons. The summed E-state index contributed by atoms with van der Waals surface area (Å²) in [5, 5.41) is 13.6. The van der Waals surface area contributed by atoms with E-state index in [1.165, 1.54) is 23.1 Å². The third-order valence-electron chi connectivity index (χ3n) is 3.90. The third kappa shape index (κ3) is 5.48. The summed E-state index contributed by atoms with van der Waals surface area (Å²) < 4.78 is 37.0. The molecule has 6 nitrogen and oxygen atoms in total. The fourth-order valence-corrected chi connectivity index (χ4v) is 2.81. The molecule has 1 N–H and O–H groups in total. The zero-order valence-corrected chi connectivity index (χ0v) is 12.9. The second-order valence-electron chi connectivity index (χ2n) is 5.87. The van der Waals surface area contributed by atoms with Crippen molar-refractivity contribution in [2.24, 2.45) is 5.92 Å². The van der Waals surface area contributed by atoms with Crippen LogP contribution in [0.3, 0.4) is 0 Å². The number of alkyl halides is 3. The van der Waals surface area contributed by atoms with E-state index in [4.69, 9.17) is 0 Å². The maximum Gasteiger partial charge on any atom is 0.401 e. The second kappa shape index (κ2) is 7.61. The molecular weight excluding hydrogens is 327 g/mol. The molecule has 0 unspecified atom stereocenters. The number of nitro benzene ring substituents is 1. The van der Waals surface area contributed by atoms with Crippen molar-refractivity contribution in [2.75, 3.05) is 26.2 Å². The third-order valence-corrected chi connectivity index (χ3v) is 3.90. The van der Waals surface area contributed by atoms with Crippen LogP contribution in [0.4, 0.5) is 18.9 Å². The topological polar surface area (TPSA) is 75.5 Å². The molecule has 1 aliphatic rings. The molecule has 9 heteroatoms. The van der Waals surface area contributed by atoms with Crippen molar-refractivity contribution in [1.82, 2.24) is 10.2 Å². The first kappa shape index (κ1) is 18.2. The number of amides is 1. The van der Waals surface area contributed by atoms with Gasteiger partial charge >= 0.3 is 6.18 Å². The van der Waals surface area contributed by atoms with Crippen molar-refractivity contribution in [3.8, 4) is 0 Å². The number of carbonyl (C=O) groups excluding carboxylic acids is 1. The zero-order valence-electron chi connectivity index (χ0n) is 12.9. The van der Waals surface area contributed by atoms with Crippen LogP contribution in [0.1, 0.15) is 12.0 Å².